The van der Waals surface area contributed by atoms with Gasteiger partial charge in [0.05, 0.1) is 23.9 Å². The van der Waals surface area contributed by atoms with Gasteiger partial charge in [-0.15, -0.1) is 0 Å². The first-order valence-electron chi connectivity index (χ1n) is 7.66. The van der Waals surface area contributed by atoms with E-state index in [0.717, 1.165) is 0 Å². The Morgan fingerprint density at radius 2 is 1.88 bits per heavy atom. The normalized spacial score (nSPS) is 10.6. The zero-order valence-electron chi connectivity index (χ0n) is 13.6. The van der Waals surface area contributed by atoms with Crippen LogP contribution in [-0.2, 0) is 9.47 Å². The smallest absolute Gasteiger partial charge is 0.339 e. The fourth-order valence-electron chi connectivity index (χ4n) is 2.29. The van der Waals surface area contributed by atoms with Gasteiger partial charge in [0.15, 0.2) is 5.76 Å². The molecule has 0 atom stereocenters. The number of hydrogen-bond acceptors (Lipinski definition) is 5. The van der Waals surface area contributed by atoms with Crippen LogP contribution in [0.4, 0.5) is 4.39 Å². The highest BCUT2D eigenvalue weighted by Gasteiger charge is 2.18. The van der Waals surface area contributed by atoms with E-state index in [0.29, 0.717) is 34.9 Å². The Hall–Kier alpha value is -2.99. The summed E-state index contributed by atoms with van der Waals surface area (Å²) in [6.07, 6.45) is 1.54. The number of aromatic nitrogens is 1. The van der Waals surface area contributed by atoms with Crippen LogP contribution in [0.1, 0.15) is 10.4 Å². The largest absolute Gasteiger partial charge is 0.460 e. The number of ether oxygens (including phenoxy) is 2. The van der Waals surface area contributed by atoms with E-state index in [9.17, 15) is 9.18 Å². The lowest BCUT2D eigenvalue weighted by Crippen LogP contribution is -2.11. The molecule has 1 aromatic heterocycles. The van der Waals surface area contributed by atoms with Gasteiger partial charge in [0.1, 0.15) is 12.4 Å². The van der Waals surface area contributed by atoms with Crippen molar-refractivity contribution in [2.45, 2.75) is 0 Å². The molecule has 0 N–H and O–H groups in total. The van der Waals surface area contributed by atoms with Crippen LogP contribution >= 0.6 is 0 Å². The second-order valence-corrected chi connectivity index (χ2v) is 5.21. The van der Waals surface area contributed by atoms with Gasteiger partial charge >= 0.3 is 5.97 Å². The monoisotopic (exact) mass is 341 g/mol. The highest BCUT2D eigenvalue weighted by Crippen LogP contribution is 2.28. The summed E-state index contributed by atoms with van der Waals surface area (Å²) in [4.78, 5) is 16.5. The number of halogens is 1. The number of benzene rings is 2. The van der Waals surface area contributed by atoms with Gasteiger partial charge in [-0.1, -0.05) is 12.1 Å². The third-order valence-electron chi connectivity index (χ3n) is 3.53. The molecule has 0 bridgehead atoms. The molecular weight excluding hydrogens is 325 g/mol. The molecule has 128 valence electrons. The number of carbonyl (C=O) groups is 1. The van der Waals surface area contributed by atoms with Gasteiger partial charge in [-0.3, -0.25) is 0 Å². The predicted octanol–water partition coefficient (Wildman–Crippen LogP) is 3.95. The molecule has 3 aromatic rings. The predicted molar refractivity (Wildman–Crippen MR) is 89.5 cm³/mol. The van der Waals surface area contributed by atoms with E-state index in [2.05, 4.69) is 4.98 Å². The second-order valence-electron chi connectivity index (χ2n) is 5.21. The Morgan fingerprint density at radius 1 is 1.12 bits per heavy atom. The summed E-state index contributed by atoms with van der Waals surface area (Å²) in [5, 5.41) is 0. The Labute approximate surface area is 144 Å². The number of esters is 1. The topological polar surface area (TPSA) is 61.6 Å². The van der Waals surface area contributed by atoms with Crippen molar-refractivity contribution in [1.29, 1.82) is 0 Å². The molecule has 0 radical (unpaired) electrons. The molecule has 0 saturated heterocycles. The third-order valence-corrected chi connectivity index (χ3v) is 3.53. The van der Waals surface area contributed by atoms with Crippen molar-refractivity contribution in [2.75, 3.05) is 20.3 Å². The van der Waals surface area contributed by atoms with Gasteiger partial charge < -0.3 is 13.9 Å². The van der Waals surface area contributed by atoms with Crippen molar-refractivity contribution in [3.63, 3.8) is 0 Å². The summed E-state index contributed by atoms with van der Waals surface area (Å²) in [6.45, 7) is 0.484. The highest BCUT2D eigenvalue weighted by molar-refractivity contribution is 5.96. The molecule has 1 heterocycles. The number of oxazole rings is 1. The van der Waals surface area contributed by atoms with Crippen molar-refractivity contribution in [1.82, 2.24) is 4.98 Å². The fraction of sp³-hybridized carbons (Fsp3) is 0.158. The Morgan fingerprint density at radius 3 is 2.64 bits per heavy atom. The minimum atomic E-state index is -0.478. The lowest BCUT2D eigenvalue weighted by atomic mass is 10.1. The summed E-state index contributed by atoms with van der Waals surface area (Å²) < 4.78 is 28.8. The van der Waals surface area contributed by atoms with Gasteiger partial charge in [0.25, 0.3) is 0 Å². The molecule has 0 fully saturated rings. The quantitative estimate of drug-likeness (QED) is 0.502. The van der Waals surface area contributed by atoms with Crippen molar-refractivity contribution < 1.29 is 23.1 Å². The van der Waals surface area contributed by atoms with E-state index < -0.39 is 5.97 Å². The molecule has 0 amide bonds. The van der Waals surface area contributed by atoms with E-state index in [4.69, 9.17) is 13.9 Å². The van der Waals surface area contributed by atoms with Crippen LogP contribution in [0.15, 0.2) is 59.1 Å². The zero-order chi connectivity index (χ0) is 17.6. The number of methoxy groups -OCH3 is 1. The second kappa shape index (κ2) is 7.72. The van der Waals surface area contributed by atoms with E-state index in [1.807, 2.05) is 0 Å². The van der Waals surface area contributed by atoms with Gasteiger partial charge in [0, 0.05) is 12.7 Å². The molecule has 0 unspecified atom stereocenters. The van der Waals surface area contributed by atoms with Crippen molar-refractivity contribution in [3.8, 4) is 22.8 Å². The molecule has 0 aliphatic carbocycles. The molecule has 0 saturated carbocycles. The van der Waals surface area contributed by atoms with Crippen LogP contribution in [0.25, 0.3) is 22.8 Å². The van der Waals surface area contributed by atoms with E-state index >= 15 is 0 Å². The molecule has 0 spiro atoms. The summed E-state index contributed by atoms with van der Waals surface area (Å²) in [5.41, 5.74) is 1.57. The summed E-state index contributed by atoms with van der Waals surface area (Å²) in [5.74, 6) is -0.0296. The van der Waals surface area contributed by atoms with Gasteiger partial charge in [-0.25, -0.2) is 14.2 Å². The Bertz CT molecular complexity index is 858. The average molecular weight is 341 g/mol. The first-order chi connectivity index (χ1) is 12.2. The molecule has 0 aliphatic heterocycles. The first kappa shape index (κ1) is 16.9. The van der Waals surface area contributed by atoms with Gasteiger partial charge in [-0.2, -0.15) is 0 Å². The third kappa shape index (κ3) is 3.92. The maximum Gasteiger partial charge on any atom is 0.339 e. The maximum absolute atomic E-state index is 13.0. The SMILES string of the molecule is COCCOC(=O)c1ccccc1-c1ncc(-c2ccc(F)cc2)o1. The van der Waals surface area contributed by atoms with E-state index in [-0.39, 0.29) is 12.4 Å². The lowest BCUT2D eigenvalue weighted by Gasteiger charge is -2.07. The lowest BCUT2D eigenvalue weighted by molar-refractivity contribution is 0.0388. The van der Waals surface area contributed by atoms with Crippen LogP contribution in [0.2, 0.25) is 0 Å². The first-order valence-corrected chi connectivity index (χ1v) is 7.66. The van der Waals surface area contributed by atoms with E-state index in [1.165, 1.54) is 25.4 Å². The molecular formula is C19H16FNO4. The Kier molecular flexibility index (Phi) is 5.20. The van der Waals surface area contributed by atoms with Crippen LogP contribution < -0.4 is 0 Å². The Balaban J connectivity index is 1.87. The van der Waals surface area contributed by atoms with Crippen LogP contribution in [0, 0.1) is 5.82 Å². The van der Waals surface area contributed by atoms with Crippen molar-refractivity contribution in [3.05, 3.63) is 66.1 Å². The molecule has 0 aliphatic rings. The van der Waals surface area contributed by atoms with Crippen molar-refractivity contribution >= 4 is 5.97 Å². The van der Waals surface area contributed by atoms with Crippen molar-refractivity contribution in [2.24, 2.45) is 0 Å². The summed E-state index contributed by atoms with van der Waals surface area (Å²) in [6, 6.07) is 12.8. The molecule has 3 rings (SSSR count). The average Bonchev–Trinajstić information content (AvgIpc) is 3.12. The van der Waals surface area contributed by atoms with Crippen LogP contribution in [-0.4, -0.2) is 31.3 Å². The molecule has 6 heteroatoms. The van der Waals surface area contributed by atoms with Gasteiger partial charge in [-0.05, 0) is 36.4 Å². The maximum atomic E-state index is 13.0. The standard InChI is InChI=1S/C19H16FNO4/c1-23-10-11-24-19(22)16-5-3-2-4-15(16)18-21-12-17(25-18)13-6-8-14(20)9-7-13/h2-9,12H,10-11H2,1H3. The summed E-state index contributed by atoms with van der Waals surface area (Å²) in [7, 11) is 1.53. The van der Waals surface area contributed by atoms with E-state index in [1.54, 1.807) is 36.4 Å². The van der Waals surface area contributed by atoms with Gasteiger partial charge in [0.2, 0.25) is 5.89 Å². The highest BCUT2D eigenvalue weighted by atomic mass is 19.1. The fourth-order valence-corrected chi connectivity index (χ4v) is 2.29. The molecule has 2 aromatic carbocycles. The summed E-state index contributed by atoms with van der Waals surface area (Å²) >= 11 is 0. The van der Waals surface area contributed by atoms with Crippen LogP contribution in [0.3, 0.4) is 0 Å². The number of rotatable bonds is 6. The number of hydrogen-bond donors (Lipinski definition) is 0. The van der Waals surface area contributed by atoms with Crippen LogP contribution in [0.5, 0.6) is 0 Å². The minimum absolute atomic E-state index is 0.163. The zero-order valence-corrected chi connectivity index (χ0v) is 13.6. The minimum Gasteiger partial charge on any atom is -0.460 e. The molecule has 25 heavy (non-hydrogen) atoms. The number of carbonyl (C=O) groups excluding carboxylic acids is 1. The molecule has 5 nitrogen and oxygen atoms in total. The number of nitrogens with zero attached hydrogens (tertiary/aromatic N) is 1.